The molecule has 30 heavy (non-hydrogen) atoms. The molecule has 1 heterocycles. The number of alkyl halides is 3. The van der Waals surface area contributed by atoms with Crippen molar-refractivity contribution in [3.63, 3.8) is 0 Å². The Labute approximate surface area is 192 Å². The smallest absolute Gasteiger partial charge is 0.435 e. The van der Waals surface area contributed by atoms with Gasteiger partial charge >= 0.3 is 6.18 Å². The summed E-state index contributed by atoms with van der Waals surface area (Å²) >= 11 is 0. The average Bonchev–Trinajstić information content (AvgIpc) is 3.04. The molecule has 0 saturated carbocycles. The van der Waals surface area contributed by atoms with Crippen molar-refractivity contribution >= 4 is 29.9 Å². The third kappa shape index (κ3) is 7.37. The first-order valence-electron chi connectivity index (χ1n) is 9.44. The molecule has 0 saturated heterocycles. The number of nitrogens with zero attached hydrogens (tertiary/aromatic N) is 3. The zero-order valence-electron chi connectivity index (χ0n) is 17.8. The number of nitrogens with one attached hydrogen (secondary N) is 2. The SMILES string of the molecule is CCC(C)Oc1cc(C)ccc1CNC(=NC)NCc1cn(C)nc1C(F)(F)F.I. The van der Waals surface area contributed by atoms with Gasteiger partial charge in [0, 0.05) is 44.5 Å². The van der Waals surface area contributed by atoms with Crippen LogP contribution in [0.5, 0.6) is 5.75 Å². The number of halogens is 4. The molecule has 6 nitrogen and oxygen atoms in total. The van der Waals surface area contributed by atoms with E-state index < -0.39 is 11.9 Å². The molecule has 0 radical (unpaired) electrons. The number of aryl methyl sites for hydroxylation is 2. The minimum atomic E-state index is -4.50. The highest BCUT2D eigenvalue weighted by Crippen LogP contribution is 2.30. The van der Waals surface area contributed by atoms with Crippen molar-refractivity contribution in [1.82, 2.24) is 20.4 Å². The Morgan fingerprint density at radius 1 is 1.23 bits per heavy atom. The molecule has 168 valence electrons. The summed E-state index contributed by atoms with van der Waals surface area (Å²) in [5.74, 6) is 1.17. The number of rotatable bonds is 7. The van der Waals surface area contributed by atoms with E-state index in [4.69, 9.17) is 4.74 Å². The van der Waals surface area contributed by atoms with Gasteiger partial charge in [0.2, 0.25) is 0 Å². The van der Waals surface area contributed by atoms with Gasteiger partial charge < -0.3 is 15.4 Å². The second kappa shape index (κ2) is 11.4. The molecular formula is C20H29F3IN5O. The van der Waals surface area contributed by atoms with E-state index in [1.165, 1.54) is 13.2 Å². The lowest BCUT2D eigenvalue weighted by Crippen LogP contribution is -2.36. The maximum Gasteiger partial charge on any atom is 0.435 e. The number of benzene rings is 1. The highest BCUT2D eigenvalue weighted by Gasteiger charge is 2.36. The van der Waals surface area contributed by atoms with Crippen molar-refractivity contribution in [3.8, 4) is 5.75 Å². The first-order valence-corrected chi connectivity index (χ1v) is 9.44. The highest BCUT2D eigenvalue weighted by molar-refractivity contribution is 14.0. The zero-order valence-corrected chi connectivity index (χ0v) is 20.1. The van der Waals surface area contributed by atoms with Crippen LogP contribution in [0.1, 0.15) is 42.7 Å². The van der Waals surface area contributed by atoms with Gasteiger partial charge in [-0.1, -0.05) is 19.1 Å². The van der Waals surface area contributed by atoms with Crippen LogP contribution in [0.2, 0.25) is 0 Å². The van der Waals surface area contributed by atoms with Crippen LogP contribution in [0.25, 0.3) is 0 Å². The van der Waals surface area contributed by atoms with Crippen LogP contribution in [0.4, 0.5) is 13.2 Å². The van der Waals surface area contributed by atoms with E-state index in [1.54, 1.807) is 7.05 Å². The number of aromatic nitrogens is 2. The van der Waals surface area contributed by atoms with E-state index in [0.717, 1.165) is 28.0 Å². The van der Waals surface area contributed by atoms with Crippen molar-refractivity contribution < 1.29 is 17.9 Å². The molecule has 0 aliphatic carbocycles. The first kappa shape index (κ1) is 26.1. The summed E-state index contributed by atoms with van der Waals surface area (Å²) in [6, 6.07) is 5.93. The van der Waals surface area contributed by atoms with Gasteiger partial charge in [-0.2, -0.15) is 18.3 Å². The molecule has 0 amide bonds. The molecule has 10 heteroatoms. The molecule has 2 aromatic rings. The molecule has 0 bridgehead atoms. The Balaban J connectivity index is 0.00000450. The molecule has 0 spiro atoms. The topological polar surface area (TPSA) is 63.5 Å². The van der Waals surface area contributed by atoms with E-state index in [-0.39, 0.29) is 42.2 Å². The zero-order chi connectivity index (χ0) is 21.6. The molecule has 2 rings (SSSR count). The summed E-state index contributed by atoms with van der Waals surface area (Å²) in [4.78, 5) is 4.09. The predicted molar refractivity (Wildman–Crippen MR) is 122 cm³/mol. The van der Waals surface area contributed by atoms with Gasteiger partial charge in [-0.15, -0.1) is 24.0 Å². The minimum Gasteiger partial charge on any atom is -0.490 e. The van der Waals surface area contributed by atoms with Crippen LogP contribution in [-0.2, 0) is 26.3 Å². The Morgan fingerprint density at radius 3 is 2.43 bits per heavy atom. The lowest BCUT2D eigenvalue weighted by atomic mass is 10.1. The molecule has 0 aliphatic heterocycles. The van der Waals surface area contributed by atoms with Crippen molar-refractivity contribution in [2.75, 3.05) is 7.05 Å². The fourth-order valence-corrected chi connectivity index (χ4v) is 2.70. The predicted octanol–water partition coefficient (Wildman–Crippen LogP) is 4.41. The quantitative estimate of drug-likeness (QED) is 0.311. The summed E-state index contributed by atoms with van der Waals surface area (Å²) in [6.07, 6.45) is -2.18. The lowest BCUT2D eigenvalue weighted by molar-refractivity contribution is -0.142. The average molecular weight is 539 g/mol. The van der Waals surface area contributed by atoms with Crippen LogP contribution in [0, 0.1) is 6.92 Å². The van der Waals surface area contributed by atoms with Crippen LogP contribution < -0.4 is 15.4 Å². The van der Waals surface area contributed by atoms with Gasteiger partial charge in [0.1, 0.15) is 5.75 Å². The van der Waals surface area contributed by atoms with E-state index in [9.17, 15) is 13.2 Å². The maximum atomic E-state index is 13.1. The van der Waals surface area contributed by atoms with Gasteiger partial charge in [-0.25, -0.2) is 0 Å². The molecule has 0 aliphatic rings. The molecular weight excluding hydrogens is 510 g/mol. The van der Waals surface area contributed by atoms with E-state index in [2.05, 4.69) is 27.6 Å². The molecule has 1 aromatic heterocycles. The summed E-state index contributed by atoms with van der Waals surface area (Å²) in [7, 11) is 3.02. The van der Waals surface area contributed by atoms with Crippen molar-refractivity contribution in [1.29, 1.82) is 0 Å². The van der Waals surface area contributed by atoms with Crippen molar-refractivity contribution in [2.45, 2.75) is 52.6 Å². The lowest BCUT2D eigenvalue weighted by Gasteiger charge is -2.18. The Hall–Kier alpha value is -1.98. The number of guanidine groups is 1. The molecule has 1 aromatic carbocycles. The van der Waals surface area contributed by atoms with Gasteiger partial charge in [-0.3, -0.25) is 9.67 Å². The van der Waals surface area contributed by atoms with Crippen molar-refractivity contribution in [2.24, 2.45) is 12.0 Å². The summed E-state index contributed by atoms with van der Waals surface area (Å²) in [5, 5.41) is 9.54. The fraction of sp³-hybridized carbons (Fsp3) is 0.500. The standard InChI is InChI=1S/C20H28F3N5O.HI/c1-6-14(3)29-17-9-13(2)7-8-15(17)10-25-19(24-4)26-11-16-12-28(5)27-18(16)20(21,22)23;/h7-9,12,14H,6,10-11H2,1-5H3,(H2,24,25,26);1H. The van der Waals surface area contributed by atoms with Crippen molar-refractivity contribution in [3.05, 3.63) is 46.8 Å². The molecule has 1 unspecified atom stereocenters. The van der Waals surface area contributed by atoms with E-state index in [1.807, 2.05) is 32.0 Å². The van der Waals surface area contributed by atoms with Crippen LogP contribution >= 0.6 is 24.0 Å². The Bertz CT molecular complexity index is 851. The second-order valence-electron chi connectivity index (χ2n) is 6.90. The monoisotopic (exact) mass is 539 g/mol. The number of ether oxygens (including phenoxy) is 1. The molecule has 1 atom stereocenters. The third-order valence-corrected chi connectivity index (χ3v) is 4.41. The number of aliphatic imine (C=N–C) groups is 1. The van der Waals surface area contributed by atoms with E-state index >= 15 is 0 Å². The van der Waals surface area contributed by atoms with Crippen LogP contribution in [0.3, 0.4) is 0 Å². The summed E-state index contributed by atoms with van der Waals surface area (Å²) < 4.78 is 46.4. The normalized spacial score (nSPS) is 12.9. The van der Waals surface area contributed by atoms with E-state index in [0.29, 0.717) is 12.5 Å². The number of hydrogen-bond donors (Lipinski definition) is 2. The van der Waals surface area contributed by atoms with Crippen LogP contribution in [-0.4, -0.2) is 28.9 Å². The summed E-state index contributed by atoms with van der Waals surface area (Å²) in [6.45, 7) is 6.43. The number of hydrogen-bond acceptors (Lipinski definition) is 3. The first-order chi connectivity index (χ1) is 13.6. The summed E-state index contributed by atoms with van der Waals surface area (Å²) in [5.41, 5.74) is 1.19. The molecule has 0 fully saturated rings. The van der Waals surface area contributed by atoms with Gasteiger partial charge in [-0.05, 0) is 31.9 Å². The van der Waals surface area contributed by atoms with Gasteiger partial charge in [0.25, 0.3) is 0 Å². The fourth-order valence-electron chi connectivity index (χ4n) is 2.70. The van der Waals surface area contributed by atoms with Crippen LogP contribution in [0.15, 0.2) is 29.4 Å². The Kier molecular flexibility index (Phi) is 9.92. The third-order valence-electron chi connectivity index (χ3n) is 4.41. The highest BCUT2D eigenvalue weighted by atomic mass is 127. The minimum absolute atomic E-state index is 0. The van der Waals surface area contributed by atoms with Gasteiger partial charge in [0.15, 0.2) is 11.7 Å². The van der Waals surface area contributed by atoms with Gasteiger partial charge in [0.05, 0.1) is 6.10 Å². The Morgan fingerprint density at radius 2 is 1.87 bits per heavy atom. The molecule has 2 N–H and O–H groups in total. The maximum absolute atomic E-state index is 13.1. The second-order valence-corrected chi connectivity index (χ2v) is 6.90. The largest absolute Gasteiger partial charge is 0.490 e.